The van der Waals surface area contributed by atoms with E-state index >= 15 is 0 Å². The molecule has 0 atom stereocenters. The maximum Gasteiger partial charge on any atom is 0.339 e. The molecule has 0 amide bonds. The standard InChI is InChI=1S/C16H22O4.C3H8O/c1-3-5-11-19-15(17)13-9-7-8-10-14(13)16(18)20-12-6-4-2;1-3(2)4/h7-10H,3-6,11-12H2,1-2H3;3-4H,1-2H3. The van der Waals surface area contributed by atoms with Crippen LogP contribution >= 0.6 is 0 Å². The van der Waals surface area contributed by atoms with Gasteiger partial charge in [0.15, 0.2) is 0 Å². The Kier molecular flexibility index (Phi) is 12.5. The first kappa shape index (κ1) is 22.1. The lowest BCUT2D eigenvalue weighted by molar-refractivity contribution is 0.0452. The van der Waals surface area contributed by atoms with Crippen LogP contribution in [0.25, 0.3) is 0 Å². The van der Waals surface area contributed by atoms with Crippen LogP contribution in [0.4, 0.5) is 0 Å². The number of aliphatic hydroxyl groups is 1. The van der Waals surface area contributed by atoms with E-state index in [-0.39, 0.29) is 17.2 Å². The Bertz CT molecular complexity index is 439. The first-order valence-electron chi connectivity index (χ1n) is 8.55. The van der Waals surface area contributed by atoms with Crippen LogP contribution in [0.15, 0.2) is 24.3 Å². The third-order valence-corrected chi connectivity index (χ3v) is 2.83. The van der Waals surface area contributed by atoms with Crippen LogP contribution in [0, 0.1) is 0 Å². The van der Waals surface area contributed by atoms with Crippen molar-refractivity contribution in [3.63, 3.8) is 0 Å². The molecule has 0 radical (unpaired) electrons. The topological polar surface area (TPSA) is 72.8 Å². The highest BCUT2D eigenvalue weighted by Crippen LogP contribution is 2.12. The van der Waals surface area contributed by atoms with Crippen LogP contribution < -0.4 is 0 Å². The molecular weight excluding hydrogens is 308 g/mol. The van der Waals surface area contributed by atoms with E-state index in [0.29, 0.717) is 13.2 Å². The van der Waals surface area contributed by atoms with Crippen molar-refractivity contribution in [2.24, 2.45) is 0 Å². The van der Waals surface area contributed by atoms with E-state index in [1.807, 2.05) is 13.8 Å². The van der Waals surface area contributed by atoms with E-state index in [9.17, 15) is 9.59 Å². The Balaban J connectivity index is 0.00000118. The van der Waals surface area contributed by atoms with Gasteiger partial charge in [-0.05, 0) is 38.8 Å². The molecule has 0 unspecified atom stereocenters. The molecule has 136 valence electrons. The molecule has 0 saturated heterocycles. The SMILES string of the molecule is CC(C)O.CCCCOC(=O)c1ccccc1C(=O)OCCCC. The Labute approximate surface area is 145 Å². The van der Waals surface area contributed by atoms with Gasteiger partial charge in [-0.25, -0.2) is 9.59 Å². The van der Waals surface area contributed by atoms with Crippen LogP contribution in [0.3, 0.4) is 0 Å². The predicted molar refractivity (Wildman–Crippen MR) is 94.2 cm³/mol. The predicted octanol–water partition coefficient (Wildman–Crippen LogP) is 3.99. The van der Waals surface area contributed by atoms with Gasteiger partial charge in [-0.1, -0.05) is 38.8 Å². The molecule has 1 N–H and O–H groups in total. The molecular formula is C19H30O5. The fourth-order valence-electron chi connectivity index (χ4n) is 1.61. The Morgan fingerprint density at radius 1 is 0.917 bits per heavy atom. The van der Waals surface area contributed by atoms with Gasteiger partial charge in [-0.2, -0.15) is 0 Å². The van der Waals surface area contributed by atoms with Gasteiger partial charge < -0.3 is 14.6 Å². The number of unbranched alkanes of at least 4 members (excludes halogenated alkanes) is 2. The van der Waals surface area contributed by atoms with Gasteiger partial charge in [0.1, 0.15) is 0 Å². The third kappa shape index (κ3) is 10.0. The van der Waals surface area contributed by atoms with Gasteiger partial charge >= 0.3 is 11.9 Å². The molecule has 24 heavy (non-hydrogen) atoms. The molecule has 1 aromatic carbocycles. The molecule has 1 rings (SSSR count). The van der Waals surface area contributed by atoms with Gasteiger partial charge in [0, 0.05) is 6.10 Å². The normalized spacial score (nSPS) is 9.92. The third-order valence-electron chi connectivity index (χ3n) is 2.83. The molecule has 5 heteroatoms. The zero-order valence-electron chi connectivity index (χ0n) is 15.2. The molecule has 0 saturated carbocycles. The lowest BCUT2D eigenvalue weighted by Gasteiger charge is -2.09. The van der Waals surface area contributed by atoms with E-state index in [0.717, 1.165) is 25.7 Å². The zero-order valence-corrected chi connectivity index (χ0v) is 15.2. The van der Waals surface area contributed by atoms with Crippen molar-refractivity contribution >= 4 is 11.9 Å². The number of hydrogen-bond acceptors (Lipinski definition) is 5. The minimum Gasteiger partial charge on any atom is -0.462 e. The first-order valence-corrected chi connectivity index (χ1v) is 8.55. The minimum absolute atomic E-state index is 0.167. The maximum absolute atomic E-state index is 11.9. The number of esters is 2. The summed E-state index contributed by atoms with van der Waals surface area (Å²) in [6.07, 6.45) is 3.37. The Morgan fingerprint density at radius 3 is 1.54 bits per heavy atom. The highest BCUT2D eigenvalue weighted by molar-refractivity contribution is 6.03. The van der Waals surface area contributed by atoms with E-state index in [2.05, 4.69) is 0 Å². The largest absolute Gasteiger partial charge is 0.462 e. The highest BCUT2D eigenvalue weighted by atomic mass is 16.5. The summed E-state index contributed by atoms with van der Waals surface area (Å²) in [6, 6.07) is 6.59. The molecule has 1 aromatic rings. The van der Waals surface area contributed by atoms with Gasteiger partial charge in [-0.3, -0.25) is 0 Å². The van der Waals surface area contributed by atoms with E-state index in [1.54, 1.807) is 38.1 Å². The maximum atomic E-state index is 11.9. The number of rotatable bonds is 8. The van der Waals surface area contributed by atoms with Crippen molar-refractivity contribution in [3.8, 4) is 0 Å². The minimum atomic E-state index is -0.471. The molecule has 5 nitrogen and oxygen atoms in total. The van der Waals surface area contributed by atoms with Crippen LogP contribution in [0.1, 0.15) is 74.1 Å². The van der Waals surface area contributed by atoms with Crippen LogP contribution in [-0.2, 0) is 9.47 Å². The summed E-state index contributed by atoms with van der Waals surface area (Å²) >= 11 is 0. The van der Waals surface area contributed by atoms with E-state index < -0.39 is 11.9 Å². The van der Waals surface area contributed by atoms with Crippen LogP contribution in [0.5, 0.6) is 0 Å². The molecule has 0 aromatic heterocycles. The van der Waals surface area contributed by atoms with Gasteiger partial charge in [0.25, 0.3) is 0 Å². The number of carbonyl (C=O) groups excluding carboxylic acids is 2. The van der Waals surface area contributed by atoms with Crippen molar-refractivity contribution in [3.05, 3.63) is 35.4 Å². The highest BCUT2D eigenvalue weighted by Gasteiger charge is 2.18. The second-order valence-corrected chi connectivity index (χ2v) is 5.62. The zero-order chi connectivity index (χ0) is 18.4. The van der Waals surface area contributed by atoms with Crippen molar-refractivity contribution in [1.29, 1.82) is 0 Å². The molecule has 0 aliphatic carbocycles. The summed E-state index contributed by atoms with van der Waals surface area (Å²) in [5.74, 6) is -0.942. The van der Waals surface area contributed by atoms with Crippen molar-refractivity contribution in [2.75, 3.05) is 13.2 Å². The lowest BCUT2D eigenvalue weighted by Crippen LogP contribution is -2.14. The monoisotopic (exact) mass is 338 g/mol. The van der Waals surface area contributed by atoms with Gasteiger partial charge in [-0.15, -0.1) is 0 Å². The molecule has 0 aliphatic rings. The van der Waals surface area contributed by atoms with E-state index in [4.69, 9.17) is 14.6 Å². The van der Waals surface area contributed by atoms with Crippen molar-refractivity contribution in [2.45, 2.75) is 59.5 Å². The van der Waals surface area contributed by atoms with Gasteiger partial charge in [0.05, 0.1) is 24.3 Å². The smallest absolute Gasteiger partial charge is 0.339 e. The average Bonchev–Trinajstić information content (AvgIpc) is 2.54. The summed E-state index contributed by atoms with van der Waals surface area (Å²) in [7, 11) is 0. The quantitative estimate of drug-likeness (QED) is 0.573. The Morgan fingerprint density at radius 2 is 1.25 bits per heavy atom. The summed E-state index contributed by atoms with van der Waals surface area (Å²) in [4.78, 5) is 23.9. The Hall–Kier alpha value is -1.88. The van der Waals surface area contributed by atoms with Crippen molar-refractivity contribution < 1.29 is 24.2 Å². The van der Waals surface area contributed by atoms with Crippen LogP contribution in [0.2, 0.25) is 0 Å². The lowest BCUT2D eigenvalue weighted by atomic mass is 10.1. The van der Waals surface area contributed by atoms with E-state index in [1.165, 1.54) is 0 Å². The number of hydrogen-bond donors (Lipinski definition) is 1. The second kappa shape index (κ2) is 13.5. The molecule has 0 fully saturated rings. The fraction of sp³-hybridized carbons (Fsp3) is 0.579. The number of ether oxygens (including phenoxy) is 2. The summed E-state index contributed by atoms with van der Waals surface area (Å²) < 4.78 is 10.3. The molecule has 0 bridgehead atoms. The number of carbonyl (C=O) groups is 2. The fourth-order valence-corrected chi connectivity index (χ4v) is 1.61. The summed E-state index contributed by atoms with van der Waals surface area (Å²) in [5, 5.41) is 8.06. The second-order valence-electron chi connectivity index (χ2n) is 5.62. The number of aliphatic hydroxyl groups excluding tert-OH is 1. The summed E-state index contributed by atoms with van der Waals surface area (Å²) in [5.41, 5.74) is 0.537. The first-order chi connectivity index (χ1) is 11.4. The van der Waals surface area contributed by atoms with Crippen molar-refractivity contribution in [1.82, 2.24) is 0 Å². The van der Waals surface area contributed by atoms with Gasteiger partial charge in [0.2, 0.25) is 0 Å². The summed E-state index contributed by atoms with van der Waals surface area (Å²) in [6.45, 7) is 8.23. The number of benzene rings is 1. The molecule has 0 spiro atoms. The molecule has 0 heterocycles. The molecule has 0 aliphatic heterocycles. The van der Waals surface area contributed by atoms with Crippen LogP contribution in [-0.4, -0.2) is 36.4 Å². The average molecular weight is 338 g/mol.